The molecule has 0 spiro atoms. The first-order valence-corrected chi connectivity index (χ1v) is 9.62. The second-order valence-corrected chi connectivity index (χ2v) is 7.41. The summed E-state index contributed by atoms with van der Waals surface area (Å²) >= 11 is 0. The third kappa shape index (κ3) is 8.26. The number of carbonyl (C=O) groups excluding carboxylic acids is 2. The van der Waals surface area contributed by atoms with Gasteiger partial charge in [0.05, 0.1) is 6.26 Å². The van der Waals surface area contributed by atoms with Gasteiger partial charge in [-0.05, 0) is 50.6 Å². The van der Waals surface area contributed by atoms with Crippen LogP contribution < -0.4 is 21.3 Å². The molecule has 0 unspecified atom stereocenters. The normalized spacial score (nSPS) is 11.5. The van der Waals surface area contributed by atoms with E-state index in [1.807, 2.05) is 45.0 Å². The van der Waals surface area contributed by atoms with Crippen LogP contribution in [0.5, 0.6) is 0 Å². The van der Waals surface area contributed by atoms with Gasteiger partial charge in [0.25, 0.3) is 5.91 Å². The Morgan fingerprint density at radius 1 is 1.03 bits per heavy atom. The monoisotopic (exact) mass is 415 g/mol. The predicted molar refractivity (Wildman–Crippen MR) is 116 cm³/mol. The van der Waals surface area contributed by atoms with Crippen molar-refractivity contribution in [3.05, 3.63) is 54.0 Å². The smallest absolute Gasteiger partial charge is 0.407 e. The summed E-state index contributed by atoms with van der Waals surface area (Å²) in [4.78, 5) is 27.7. The lowest BCUT2D eigenvalue weighted by molar-refractivity contribution is 0.0528. The van der Waals surface area contributed by atoms with Gasteiger partial charge in [-0.2, -0.15) is 0 Å². The van der Waals surface area contributed by atoms with Crippen molar-refractivity contribution in [2.45, 2.75) is 32.9 Å². The third-order valence-corrected chi connectivity index (χ3v) is 3.73. The second kappa shape index (κ2) is 10.9. The van der Waals surface area contributed by atoms with E-state index in [9.17, 15) is 9.59 Å². The number of nitrogens with one attached hydrogen (secondary N) is 4. The molecular formula is C21H29N5O4. The fourth-order valence-electron chi connectivity index (χ4n) is 2.37. The Balaban J connectivity index is 1.70. The fourth-order valence-corrected chi connectivity index (χ4v) is 2.37. The molecular weight excluding hydrogens is 386 g/mol. The van der Waals surface area contributed by atoms with E-state index in [4.69, 9.17) is 9.15 Å². The highest BCUT2D eigenvalue weighted by Crippen LogP contribution is 2.11. The molecule has 0 atom stereocenters. The van der Waals surface area contributed by atoms with Crippen molar-refractivity contribution in [3.63, 3.8) is 0 Å². The number of benzene rings is 1. The summed E-state index contributed by atoms with van der Waals surface area (Å²) in [7, 11) is 1.67. The maximum Gasteiger partial charge on any atom is 0.407 e. The van der Waals surface area contributed by atoms with Crippen molar-refractivity contribution in [1.82, 2.24) is 16.0 Å². The summed E-state index contributed by atoms with van der Waals surface area (Å²) in [6.07, 6.45) is 1.00. The Bertz CT molecular complexity index is 839. The van der Waals surface area contributed by atoms with Crippen molar-refractivity contribution in [2.24, 2.45) is 4.99 Å². The third-order valence-electron chi connectivity index (χ3n) is 3.73. The Hall–Kier alpha value is -3.49. The van der Waals surface area contributed by atoms with Crippen LogP contribution in [-0.2, 0) is 11.3 Å². The molecule has 2 aromatic rings. The van der Waals surface area contributed by atoms with Crippen LogP contribution in [0.4, 0.5) is 10.5 Å². The molecule has 0 radical (unpaired) electrons. The molecule has 0 saturated heterocycles. The molecule has 0 saturated carbocycles. The van der Waals surface area contributed by atoms with Crippen LogP contribution in [0.1, 0.15) is 36.9 Å². The Labute approximate surface area is 176 Å². The first-order chi connectivity index (χ1) is 14.3. The number of ether oxygens (including phenoxy) is 1. The first kappa shape index (κ1) is 22.8. The number of amides is 2. The number of hydrogen-bond donors (Lipinski definition) is 4. The fraction of sp³-hybridized carbons (Fsp3) is 0.381. The van der Waals surface area contributed by atoms with E-state index in [1.165, 1.54) is 6.26 Å². The van der Waals surface area contributed by atoms with E-state index >= 15 is 0 Å². The van der Waals surface area contributed by atoms with Crippen LogP contribution in [0.15, 0.2) is 52.1 Å². The quantitative estimate of drug-likeness (QED) is 0.314. The van der Waals surface area contributed by atoms with E-state index in [2.05, 4.69) is 26.3 Å². The maximum atomic E-state index is 12.0. The van der Waals surface area contributed by atoms with E-state index in [0.717, 1.165) is 5.56 Å². The average molecular weight is 415 g/mol. The van der Waals surface area contributed by atoms with Gasteiger partial charge >= 0.3 is 6.09 Å². The Kier molecular flexibility index (Phi) is 8.28. The highest BCUT2D eigenvalue weighted by molar-refractivity contribution is 6.02. The van der Waals surface area contributed by atoms with Crippen LogP contribution in [0.2, 0.25) is 0 Å². The highest BCUT2D eigenvalue weighted by Gasteiger charge is 2.15. The number of rotatable bonds is 7. The number of nitrogens with zero attached hydrogens (tertiary/aromatic N) is 1. The van der Waals surface area contributed by atoms with Crippen LogP contribution in [-0.4, -0.2) is 43.7 Å². The molecule has 2 amide bonds. The van der Waals surface area contributed by atoms with Crippen LogP contribution in [0, 0.1) is 0 Å². The predicted octanol–water partition coefficient (Wildman–Crippen LogP) is 2.72. The van der Waals surface area contributed by atoms with Gasteiger partial charge in [-0.15, -0.1) is 0 Å². The number of furan rings is 1. The molecule has 0 aliphatic rings. The summed E-state index contributed by atoms with van der Waals surface area (Å²) in [5.74, 6) is 0.573. The number of carbonyl (C=O) groups is 2. The minimum Gasteiger partial charge on any atom is -0.459 e. The van der Waals surface area contributed by atoms with Gasteiger partial charge in [0, 0.05) is 32.4 Å². The molecule has 0 bridgehead atoms. The Morgan fingerprint density at radius 2 is 1.73 bits per heavy atom. The molecule has 0 aliphatic heterocycles. The second-order valence-electron chi connectivity index (χ2n) is 7.41. The SMILES string of the molecule is CN=C(NCCNC(=O)OC(C)(C)C)NCc1ccc(NC(=O)c2ccco2)cc1. The van der Waals surface area contributed by atoms with Crippen molar-refractivity contribution >= 4 is 23.6 Å². The zero-order valence-corrected chi connectivity index (χ0v) is 17.7. The zero-order valence-electron chi connectivity index (χ0n) is 17.7. The average Bonchev–Trinajstić information content (AvgIpc) is 3.22. The van der Waals surface area contributed by atoms with Gasteiger partial charge in [-0.25, -0.2) is 4.79 Å². The van der Waals surface area contributed by atoms with Gasteiger partial charge in [0.1, 0.15) is 5.60 Å². The minimum atomic E-state index is -0.522. The standard InChI is InChI=1S/C21H29N5O4/c1-21(2,3)30-20(28)24-12-11-23-19(22-4)25-14-15-7-9-16(10-8-15)26-18(27)17-6-5-13-29-17/h5-10,13H,11-12,14H2,1-4H3,(H,24,28)(H,26,27)(H2,22,23,25). The Morgan fingerprint density at radius 3 is 2.33 bits per heavy atom. The van der Waals surface area contributed by atoms with Crippen LogP contribution >= 0.6 is 0 Å². The lowest BCUT2D eigenvalue weighted by atomic mass is 10.2. The largest absolute Gasteiger partial charge is 0.459 e. The number of hydrogen-bond acceptors (Lipinski definition) is 5. The van der Waals surface area contributed by atoms with E-state index in [0.29, 0.717) is 31.3 Å². The molecule has 2 rings (SSSR count). The highest BCUT2D eigenvalue weighted by atomic mass is 16.6. The molecule has 9 heteroatoms. The number of aliphatic imine (C=N–C) groups is 1. The van der Waals surface area contributed by atoms with Gasteiger partial charge in [-0.3, -0.25) is 9.79 Å². The molecule has 1 aromatic heterocycles. The number of guanidine groups is 1. The van der Waals surface area contributed by atoms with Crippen molar-refractivity contribution < 1.29 is 18.7 Å². The van der Waals surface area contributed by atoms with E-state index in [-0.39, 0.29) is 11.7 Å². The lowest BCUT2D eigenvalue weighted by Crippen LogP contribution is -2.42. The summed E-state index contributed by atoms with van der Waals surface area (Å²) < 4.78 is 10.2. The maximum absolute atomic E-state index is 12.0. The van der Waals surface area contributed by atoms with Gasteiger partial charge in [0.15, 0.2) is 11.7 Å². The first-order valence-electron chi connectivity index (χ1n) is 9.62. The summed E-state index contributed by atoms with van der Waals surface area (Å²) in [6.45, 7) is 6.89. The number of anilines is 1. The van der Waals surface area contributed by atoms with Crippen LogP contribution in [0.25, 0.3) is 0 Å². The molecule has 162 valence electrons. The summed E-state index contributed by atoms with van der Waals surface area (Å²) in [6, 6.07) is 10.7. The van der Waals surface area contributed by atoms with Crippen molar-refractivity contribution in [3.8, 4) is 0 Å². The molecule has 1 heterocycles. The molecule has 9 nitrogen and oxygen atoms in total. The lowest BCUT2D eigenvalue weighted by Gasteiger charge is -2.20. The van der Waals surface area contributed by atoms with Crippen LogP contribution in [0.3, 0.4) is 0 Å². The van der Waals surface area contributed by atoms with E-state index < -0.39 is 11.7 Å². The van der Waals surface area contributed by atoms with Gasteiger partial charge < -0.3 is 30.4 Å². The topological polar surface area (TPSA) is 117 Å². The molecule has 1 aromatic carbocycles. The minimum absolute atomic E-state index is 0.261. The number of alkyl carbamates (subject to hydrolysis) is 1. The van der Waals surface area contributed by atoms with Gasteiger partial charge in [0.2, 0.25) is 0 Å². The molecule has 30 heavy (non-hydrogen) atoms. The molecule has 0 fully saturated rings. The summed E-state index contributed by atoms with van der Waals surface area (Å²) in [5, 5.41) is 11.7. The van der Waals surface area contributed by atoms with Gasteiger partial charge in [-0.1, -0.05) is 12.1 Å². The summed E-state index contributed by atoms with van der Waals surface area (Å²) in [5.41, 5.74) is 1.17. The van der Waals surface area contributed by atoms with Crippen molar-refractivity contribution in [2.75, 3.05) is 25.5 Å². The molecule has 0 aliphatic carbocycles. The molecule has 4 N–H and O–H groups in total. The zero-order chi connectivity index (χ0) is 22.0. The van der Waals surface area contributed by atoms with E-state index in [1.54, 1.807) is 19.2 Å². The van der Waals surface area contributed by atoms with Crippen molar-refractivity contribution in [1.29, 1.82) is 0 Å².